The Bertz CT molecular complexity index is 828. The standard InChI is InChI=1S/C21H24N2O5/c1-26-16-8-6-15(7-9-16)22-20(24)19-5-4-10-23(19)21(25)14-11-17(27-2)13-18(12-14)28-3/h6-9,11-13,19H,4-5,10H2,1-3H3,(H,22,24). The van der Waals surface area contributed by atoms with Crippen molar-refractivity contribution < 1.29 is 23.8 Å². The van der Waals surface area contributed by atoms with Crippen LogP contribution in [0.5, 0.6) is 17.2 Å². The topological polar surface area (TPSA) is 77.1 Å². The van der Waals surface area contributed by atoms with E-state index >= 15 is 0 Å². The van der Waals surface area contributed by atoms with E-state index in [0.29, 0.717) is 41.5 Å². The van der Waals surface area contributed by atoms with Gasteiger partial charge in [-0.1, -0.05) is 0 Å². The number of hydrogen-bond donors (Lipinski definition) is 1. The molecule has 1 aliphatic heterocycles. The fourth-order valence-electron chi connectivity index (χ4n) is 3.28. The molecular formula is C21H24N2O5. The number of likely N-dealkylation sites (tertiary alicyclic amines) is 1. The molecule has 28 heavy (non-hydrogen) atoms. The number of ether oxygens (including phenoxy) is 3. The third-order valence-corrected chi connectivity index (χ3v) is 4.77. The second-order valence-electron chi connectivity index (χ2n) is 6.48. The van der Waals surface area contributed by atoms with E-state index < -0.39 is 6.04 Å². The summed E-state index contributed by atoms with van der Waals surface area (Å²) >= 11 is 0. The minimum atomic E-state index is -0.521. The van der Waals surface area contributed by atoms with Crippen LogP contribution in [-0.4, -0.2) is 50.6 Å². The largest absolute Gasteiger partial charge is 0.497 e. The zero-order valence-electron chi connectivity index (χ0n) is 16.2. The fourth-order valence-corrected chi connectivity index (χ4v) is 3.28. The molecule has 0 radical (unpaired) electrons. The molecule has 7 nitrogen and oxygen atoms in total. The highest BCUT2D eigenvalue weighted by atomic mass is 16.5. The maximum absolute atomic E-state index is 13.1. The van der Waals surface area contributed by atoms with E-state index in [0.717, 1.165) is 6.42 Å². The van der Waals surface area contributed by atoms with Crippen molar-refractivity contribution in [1.82, 2.24) is 4.90 Å². The molecule has 0 aliphatic carbocycles. The summed E-state index contributed by atoms with van der Waals surface area (Å²) in [5.41, 5.74) is 1.09. The number of hydrogen-bond acceptors (Lipinski definition) is 5. The first-order valence-corrected chi connectivity index (χ1v) is 9.04. The Kier molecular flexibility index (Phi) is 6.03. The van der Waals surface area contributed by atoms with Gasteiger partial charge in [-0.25, -0.2) is 0 Å². The molecule has 1 unspecified atom stereocenters. The van der Waals surface area contributed by atoms with Gasteiger partial charge >= 0.3 is 0 Å². The van der Waals surface area contributed by atoms with Gasteiger partial charge in [-0.05, 0) is 49.2 Å². The molecular weight excluding hydrogens is 360 g/mol. The first-order chi connectivity index (χ1) is 13.5. The number of anilines is 1. The molecule has 2 aromatic carbocycles. The molecule has 0 bridgehead atoms. The zero-order valence-corrected chi connectivity index (χ0v) is 16.2. The summed E-state index contributed by atoms with van der Waals surface area (Å²) in [6.45, 7) is 0.527. The SMILES string of the molecule is COc1ccc(NC(=O)C2CCCN2C(=O)c2cc(OC)cc(OC)c2)cc1. The molecule has 1 aliphatic rings. The number of benzene rings is 2. The Morgan fingerprint density at radius 2 is 1.54 bits per heavy atom. The van der Waals surface area contributed by atoms with Crippen LogP contribution in [0, 0.1) is 0 Å². The third kappa shape index (κ3) is 4.19. The molecule has 148 valence electrons. The maximum atomic E-state index is 13.1. The van der Waals surface area contributed by atoms with Crippen LogP contribution >= 0.6 is 0 Å². The summed E-state index contributed by atoms with van der Waals surface area (Å²) in [6, 6.07) is 11.6. The highest BCUT2D eigenvalue weighted by Crippen LogP contribution is 2.27. The second kappa shape index (κ2) is 8.65. The fraction of sp³-hybridized carbons (Fsp3) is 0.333. The van der Waals surface area contributed by atoms with E-state index in [9.17, 15) is 9.59 Å². The van der Waals surface area contributed by atoms with E-state index in [1.165, 1.54) is 14.2 Å². The average molecular weight is 384 g/mol. The lowest BCUT2D eigenvalue weighted by Gasteiger charge is -2.24. The quantitative estimate of drug-likeness (QED) is 0.829. The van der Waals surface area contributed by atoms with Crippen LogP contribution in [0.2, 0.25) is 0 Å². The molecule has 3 rings (SSSR count). The number of rotatable bonds is 6. The summed E-state index contributed by atoms with van der Waals surface area (Å²) in [7, 11) is 4.65. The number of amides is 2. The lowest BCUT2D eigenvalue weighted by Crippen LogP contribution is -2.43. The average Bonchev–Trinajstić information content (AvgIpc) is 3.23. The second-order valence-corrected chi connectivity index (χ2v) is 6.48. The van der Waals surface area contributed by atoms with Crippen LogP contribution in [0.25, 0.3) is 0 Å². The summed E-state index contributed by atoms with van der Waals surface area (Å²) in [6.07, 6.45) is 1.39. The van der Waals surface area contributed by atoms with E-state index in [4.69, 9.17) is 14.2 Å². The van der Waals surface area contributed by atoms with Crippen LogP contribution in [-0.2, 0) is 4.79 Å². The lowest BCUT2D eigenvalue weighted by atomic mass is 10.1. The van der Waals surface area contributed by atoms with Crippen LogP contribution in [0.15, 0.2) is 42.5 Å². The minimum Gasteiger partial charge on any atom is -0.497 e. The Morgan fingerprint density at radius 3 is 2.11 bits per heavy atom. The Hall–Kier alpha value is -3.22. The predicted molar refractivity (Wildman–Crippen MR) is 105 cm³/mol. The number of carbonyl (C=O) groups is 2. The molecule has 7 heteroatoms. The van der Waals surface area contributed by atoms with Crippen molar-refractivity contribution in [1.29, 1.82) is 0 Å². The van der Waals surface area contributed by atoms with Gasteiger partial charge in [0.05, 0.1) is 21.3 Å². The zero-order chi connectivity index (χ0) is 20.1. The van der Waals surface area contributed by atoms with Gasteiger partial charge in [-0.3, -0.25) is 9.59 Å². The summed E-state index contributed by atoms with van der Waals surface area (Å²) in [5.74, 6) is 1.35. The molecule has 1 heterocycles. The van der Waals surface area contributed by atoms with Gasteiger partial charge < -0.3 is 24.4 Å². The van der Waals surface area contributed by atoms with E-state index in [-0.39, 0.29) is 11.8 Å². The van der Waals surface area contributed by atoms with Crippen molar-refractivity contribution in [2.24, 2.45) is 0 Å². The lowest BCUT2D eigenvalue weighted by molar-refractivity contribution is -0.119. The Morgan fingerprint density at radius 1 is 0.929 bits per heavy atom. The van der Waals surface area contributed by atoms with Gasteiger partial charge in [0.15, 0.2) is 0 Å². The molecule has 1 atom stereocenters. The Labute approximate surface area is 164 Å². The molecule has 1 fully saturated rings. The van der Waals surface area contributed by atoms with Crippen LogP contribution in [0.3, 0.4) is 0 Å². The summed E-state index contributed by atoms with van der Waals surface area (Å²) in [4.78, 5) is 27.4. The van der Waals surface area contributed by atoms with Crippen molar-refractivity contribution in [2.75, 3.05) is 33.2 Å². The predicted octanol–water partition coefficient (Wildman–Crippen LogP) is 2.96. The van der Waals surface area contributed by atoms with Gasteiger partial charge in [-0.15, -0.1) is 0 Å². The number of nitrogens with one attached hydrogen (secondary N) is 1. The first-order valence-electron chi connectivity index (χ1n) is 9.04. The Balaban J connectivity index is 1.76. The number of nitrogens with zero attached hydrogens (tertiary/aromatic N) is 1. The van der Waals surface area contributed by atoms with Gasteiger partial charge in [0.25, 0.3) is 5.91 Å². The van der Waals surface area contributed by atoms with Gasteiger partial charge in [0.2, 0.25) is 5.91 Å². The molecule has 2 aromatic rings. The summed E-state index contributed by atoms with van der Waals surface area (Å²) in [5, 5.41) is 2.88. The molecule has 0 aromatic heterocycles. The highest BCUT2D eigenvalue weighted by molar-refractivity contribution is 6.02. The van der Waals surface area contributed by atoms with Crippen LogP contribution in [0.4, 0.5) is 5.69 Å². The van der Waals surface area contributed by atoms with Crippen LogP contribution < -0.4 is 19.5 Å². The molecule has 2 amide bonds. The van der Waals surface area contributed by atoms with Gasteiger partial charge in [-0.2, -0.15) is 0 Å². The van der Waals surface area contributed by atoms with Crippen molar-refractivity contribution >= 4 is 17.5 Å². The van der Waals surface area contributed by atoms with E-state index in [1.54, 1.807) is 54.5 Å². The smallest absolute Gasteiger partial charge is 0.254 e. The molecule has 0 saturated carbocycles. The van der Waals surface area contributed by atoms with Crippen molar-refractivity contribution in [3.05, 3.63) is 48.0 Å². The number of methoxy groups -OCH3 is 3. The van der Waals surface area contributed by atoms with Crippen molar-refractivity contribution in [3.63, 3.8) is 0 Å². The molecule has 1 saturated heterocycles. The van der Waals surface area contributed by atoms with Gasteiger partial charge in [0, 0.05) is 23.9 Å². The maximum Gasteiger partial charge on any atom is 0.254 e. The van der Waals surface area contributed by atoms with Crippen molar-refractivity contribution in [3.8, 4) is 17.2 Å². The molecule has 1 N–H and O–H groups in total. The third-order valence-electron chi connectivity index (χ3n) is 4.77. The number of carbonyl (C=O) groups excluding carboxylic acids is 2. The van der Waals surface area contributed by atoms with E-state index in [2.05, 4.69) is 5.32 Å². The van der Waals surface area contributed by atoms with Crippen molar-refractivity contribution in [2.45, 2.75) is 18.9 Å². The van der Waals surface area contributed by atoms with E-state index in [1.807, 2.05) is 0 Å². The minimum absolute atomic E-state index is 0.203. The summed E-state index contributed by atoms with van der Waals surface area (Å²) < 4.78 is 15.6. The molecule has 0 spiro atoms. The first kappa shape index (κ1) is 19.5. The monoisotopic (exact) mass is 384 g/mol. The highest BCUT2D eigenvalue weighted by Gasteiger charge is 2.35. The van der Waals surface area contributed by atoms with Crippen LogP contribution in [0.1, 0.15) is 23.2 Å². The van der Waals surface area contributed by atoms with Gasteiger partial charge in [0.1, 0.15) is 23.3 Å². The normalized spacial score (nSPS) is 15.8.